The molecule has 26 heavy (non-hydrogen) atoms. The number of rotatable bonds is 8. The lowest BCUT2D eigenvalue weighted by Crippen LogP contribution is -2.30. The summed E-state index contributed by atoms with van der Waals surface area (Å²) in [6.45, 7) is 8.43. The van der Waals surface area contributed by atoms with Crippen molar-refractivity contribution in [2.24, 2.45) is 0 Å². The molecular formula is C21H26BrNO3. The molecule has 0 aliphatic carbocycles. The zero-order valence-electron chi connectivity index (χ0n) is 15.8. The van der Waals surface area contributed by atoms with Gasteiger partial charge in [0.25, 0.3) is 5.91 Å². The first-order chi connectivity index (χ1) is 12.4. The van der Waals surface area contributed by atoms with Crippen molar-refractivity contribution in [1.29, 1.82) is 0 Å². The van der Waals surface area contributed by atoms with Crippen molar-refractivity contribution in [3.8, 4) is 11.5 Å². The van der Waals surface area contributed by atoms with Crippen LogP contribution >= 0.6 is 15.9 Å². The van der Waals surface area contributed by atoms with Gasteiger partial charge in [-0.2, -0.15) is 0 Å². The number of hydrogen-bond acceptors (Lipinski definition) is 3. The van der Waals surface area contributed by atoms with E-state index in [-0.39, 0.29) is 5.91 Å². The van der Waals surface area contributed by atoms with Crippen molar-refractivity contribution in [2.75, 3.05) is 11.9 Å². The Hall–Kier alpha value is -2.01. The first-order valence-corrected chi connectivity index (χ1v) is 9.67. The van der Waals surface area contributed by atoms with Gasteiger partial charge in [-0.3, -0.25) is 4.79 Å². The fraction of sp³-hybridized carbons (Fsp3) is 0.381. The Labute approximate surface area is 164 Å². The molecule has 2 aromatic rings. The largest absolute Gasteiger partial charge is 0.491 e. The van der Waals surface area contributed by atoms with E-state index < -0.39 is 6.10 Å². The molecule has 1 unspecified atom stereocenters. The number of amides is 1. The lowest BCUT2D eigenvalue weighted by Gasteiger charge is -2.19. The second-order valence-electron chi connectivity index (χ2n) is 6.32. The minimum absolute atomic E-state index is 0.210. The Kier molecular flexibility index (Phi) is 7.51. The second kappa shape index (κ2) is 9.62. The summed E-state index contributed by atoms with van der Waals surface area (Å²) < 4.78 is 12.7. The molecule has 4 nitrogen and oxygen atoms in total. The summed E-state index contributed by atoms with van der Waals surface area (Å²) in [5, 5.41) is 2.91. The minimum atomic E-state index is -0.628. The number of carbonyl (C=O) groups is 1. The van der Waals surface area contributed by atoms with Crippen LogP contribution in [0.2, 0.25) is 0 Å². The van der Waals surface area contributed by atoms with Gasteiger partial charge >= 0.3 is 0 Å². The fourth-order valence-electron chi connectivity index (χ4n) is 2.57. The third kappa shape index (κ3) is 5.49. The van der Waals surface area contributed by atoms with Gasteiger partial charge in [0, 0.05) is 4.47 Å². The number of hydrogen-bond donors (Lipinski definition) is 1. The molecule has 2 aromatic carbocycles. The highest BCUT2D eigenvalue weighted by Gasteiger charge is 2.18. The highest BCUT2D eigenvalue weighted by Crippen LogP contribution is 2.29. The maximum Gasteiger partial charge on any atom is 0.265 e. The van der Waals surface area contributed by atoms with Gasteiger partial charge in [0.15, 0.2) is 6.10 Å². The van der Waals surface area contributed by atoms with E-state index in [2.05, 4.69) is 28.2 Å². The molecule has 0 bridgehead atoms. The topological polar surface area (TPSA) is 47.6 Å². The molecule has 1 N–H and O–H groups in total. The molecule has 0 aliphatic heterocycles. The number of nitrogens with one attached hydrogen (secondary N) is 1. The molecule has 5 heteroatoms. The maximum atomic E-state index is 12.6. The highest BCUT2D eigenvalue weighted by molar-refractivity contribution is 9.10. The molecule has 0 heterocycles. The Bertz CT molecular complexity index is 738. The van der Waals surface area contributed by atoms with Crippen LogP contribution in [0.4, 0.5) is 5.69 Å². The predicted octanol–water partition coefficient (Wildman–Crippen LogP) is 5.65. The summed E-state index contributed by atoms with van der Waals surface area (Å²) in [5.41, 5.74) is 2.63. The summed E-state index contributed by atoms with van der Waals surface area (Å²) in [5.74, 6) is 1.21. The van der Waals surface area contributed by atoms with Crippen LogP contribution in [-0.4, -0.2) is 18.6 Å². The van der Waals surface area contributed by atoms with Crippen molar-refractivity contribution in [1.82, 2.24) is 0 Å². The van der Waals surface area contributed by atoms with Gasteiger partial charge in [0.1, 0.15) is 11.5 Å². The fourth-order valence-corrected chi connectivity index (χ4v) is 3.26. The third-order valence-corrected chi connectivity index (χ3v) is 4.45. The summed E-state index contributed by atoms with van der Waals surface area (Å²) in [6.07, 6.45) is 1.41. The minimum Gasteiger partial charge on any atom is -0.491 e. The third-order valence-electron chi connectivity index (χ3n) is 3.99. The number of aryl methyl sites for hydroxylation is 2. The Morgan fingerprint density at radius 2 is 1.85 bits per heavy atom. The van der Waals surface area contributed by atoms with Gasteiger partial charge in [-0.05, 0) is 62.6 Å². The van der Waals surface area contributed by atoms with Gasteiger partial charge in [-0.15, -0.1) is 0 Å². The van der Waals surface area contributed by atoms with E-state index in [1.807, 2.05) is 50.2 Å². The van der Waals surface area contributed by atoms with E-state index in [4.69, 9.17) is 9.47 Å². The first-order valence-electron chi connectivity index (χ1n) is 8.88. The zero-order chi connectivity index (χ0) is 19.1. The van der Waals surface area contributed by atoms with Crippen LogP contribution in [-0.2, 0) is 4.79 Å². The molecule has 140 valence electrons. The number of halogens is 1. The van der Waals surface area contributed by atoms with E-state index in [1.165, 1.54) is 0 Å². The van der Waals surface area contributed by atoms with Crippen molar-refractivity contribution < 1.29 is 14.3 Å². The van der Waals surface area contributed by atoms with Crippen LogP contribution in [0.25, 0.3) is 0 Å². The van der Waals surface area contributed by atoms with E-state index in [0.29, 0.717) is 18.0 Å². The maximum absolute atomic E-state index is 12.6. The molecule has 0 fully saturated rings. The quantitative estimate of drug-likeness (QED) is 0.562. The molecule has 1 amide bonds. The Morgan fingerprint density at radius 1 is 1.19 bits per heavy atom. The monoisotopic (exact) mass is 419 g/mol. The average Bonchev–Trinajstić information content (AvgIpc) is 2.59. The summed E-state index contributed by atoms with van der Waals surface area (Å²) in [4.78, 5) is 12.6. The van der Waals surface area contributed by atoms with Gasteiger partial charge < -0.3 is 14.8 Å². The smallest absolute Gasteiger partial charge is 0.265 e. The van der Waals surface area contributed by atoms with Crippen LogP contribution in [0.3, 0.4) is 0 Å². The molecule has 0 saturated heterocycles. The second-order valence-corrected chi connectivity index (χ2v) is 7.23. The van der Waals surface area contributed by atoms with E-state index in [0.717, 1.165) is 34.2 Å². The summed E-state index contributed by atoms with van der Waals surface area (Å²) in [6, 6.07) is 11.4. The SMILES string of the molecule is CCCCOc1ccccc1NC(=O)C(C)Oc1c(C)cc(Br)cc1C. The molecule has 0 aliphatic rings. The average molecular weight is 420 g/mol. The molecular weight excluding hydrogens is 394 g/mol. The first kappa shape index (κ1) is 20.3. The van der Waals surface area contributed by atoms with Crippen molar-refractivity contribution in [3.05, 3.63) is 52.0 Å². The van der Waals surface area contributed by atoms with Crippen molar-refractivity contribution in [2.45, 2.75) is 46.6 Å². The van der Waals surface area contributed by atoms with Gasteiger partial charge in [0.2, 0.25) is 0 Å². The van der Waals surface area contributed by atoms with Crippen molar-refractivity contribution >= 4 is 27.5 Å². The predicted molar refractivity (Wildman–Crippen MR) is 109 cm³/mol. The number of unbranched alkanes of at least 4 members (excludes halogenated alkanes) is 1. The molecule has 0 radical (unpaired) electrons. The van der Waals surface area contributed by atoms with E-state index in [1.54, 1.807) is 6.92 Å². The highest BCUT2D eigenvalue weighted by atomic mass is 79.9. The Balaban J connectivity index is 2.06. The number of para-hydroxylation sites is 2. The lowest BCUT2D eigenvalue weighted by molar-refractivity contribution is -0.122. The zero-order valence-corrected chi connectivity index (χ0v) is 17.4. The van der Waals surface area contributed by atoms with Crippen LogP contribution in [0.15, 0.2) is 40.9 Å². The van der Waals surface area contributed by atoms with Crippen LogP contribution in [0, 0.1) is 13.8 Å². The van der Waals surface area contributed by atoms with E-state index >= 15 is 0 Å². The van der Waals surface area contributed by atoms with Crippen molar-refractivity contribution in [3.63, 3.8) is 0 Å². The van der Waals surface area contributed by atoms with Crippen LogP contribution in [0.5, 0.6) is 11.5 Å². The molecule has 0 aromatic heterocycles. The van der Waals surface area contributed by atoms with Gasteiger partial charge in [-0.25, -0.2) is 0 Å². The molecule has 0 saturated carbocycles. The normalized spacial score (nSPS) is 11.7. The Morgan fingerprint density at radius 3 is 2.50 bits per heavy atom. The van der Waals surface area contributed by atoms with Crippen LogP contribution in [0.1, 0.15) is 37.8 Å². The number of carbonyl (C=O) groups excluding carboxylic acids is 1. The number of benzene rings is 2. The van der Waals surface area contributed by atoms with Gasteiger partial charge in [-0.1, -0.05) is 41.4 Å². The molecule has 2 rings (SSSR count). The summed E-state index contributed by atoms with van der Waals surface area (Å²) in [7, 11) is 0. The number of anilines is 1. The van der Waals surface area contributed by atoms with E-state index in [9.17, 15) is 4.79 Å². The summed E-state index contributed by atoms with van der Waals surface area (Å²) >= 11 is 3.47. The lowest BCUT2D eigenvalue weighted by atomic mass is 10.1. The van der Waals surface area contributed by atoms with Gasteiger partial charge in [0.05, 0.1) is 12.3 Å². The van der Waals surface area contributed by atoms with Crippen LogP contribution < -0.4 is 14.8 Å². The number of ether oxygens (including phenoxy) is 2. The molecule has 0 spiro atoms. The standard InChI is InChI=1S/C21H26BrNO3/c1-5-6-11-25-19-10-8-7-9-18(19)23-21(24)16(4)26-20-14(2)12-17(22)13-15(20)3/h7-10,12-13,16H,5-6,11H2,1-4H3,(H,23,24). The molecule has 1 atom stereocenters.